The van der Waals surface area contributed by atoms with Gasteiger partial charge in [-0.2, -0.15) is 0 Å². The number of nitrogens with zero attached hydrogens (tertiary/aromatic N) is 4. The number of halogens is 1. The fourth-order valence-electron chi connectivity index (χ4n) is 4.88. The lowest BCUT2D eigenvalue weighted by Crippen LogP contribution is -2.39. The van der Waals surface area contributed by atoms with Crippen LogP contribution >= 0.6 is 11.6 Å². The molecule has 0 saturated carbocycles. The van der Waals surface area contributed by atoms with Gasteiger partial charge in [-0.1, -0.05) is 48.0 Å². The molecule has 2 heterocycles. The highest BCUT2D eigenvalue weighted by Gasteiger charge is 2.35. The van der Waals surface area contributed by atoms with Gasteiger partial charge in [0.05, 0.1) is 11.0 Å². The van der Waals surface area contributed by atoms with Gasteiger partial charge in [0, 0.05) is 41.3 Å². The highest BCUT2D eigenvalue weighted by Crippen LogP contribution is 2.34. The Morgan fingerprint density at radius 3 is 2.54 bits per heavy atom. The molecule has 0 aliphatic carbocycles. The molecular weight excluding hydrogens is 460 g/mol. The van der Waals surface area contributed by atoms with Crippen LogP contribution in [-0.4, -0.2) is 34.0 Å². The van der Waals surface area contributed by atoms with Crippen molar-refractivity contribution in [2.75, 3.05) is 16.3 Å². The number of amides is 2. The van der Waals surface area contributed by atoms with Crippen LogP contribution in [0.2, 0.25) is 5.02 Å². The summed E-state index contributed by atoms with van der Waals surface area (Å²) in [6, 6.07) is 24.8. The molecule has 178 valence electrons. The summed E-state index contributed by atoms with van der Waals surface area (Å²) >= 11 is 6.17. The highest BCUT2D eigenvalue weighted by atomic mass is 35.5. The lowest BCUT2D eigenvalue weighted by molar-refractivity contribution is -0.119. The first kappa shape index (κ1) is 23.1. The highest BCUT2D eigenvalue weighted by molar-refractivity contribution is 6.30. The van der Waals surface area contributed by atoms with Gasteiger partial charge >= 0.3 is 0 Å². The number of carbonyl (C=O) groups is 2. The van der Waals surface area contributed by atoms with Crippen LogP contribution in [0, 0.1) is 0 Å². The number of imidazole rings is 1. The number of fused-ring (bicyclic) bond motifs is 1. The van der Waals surface area contributed by atoms with Gasteiger partial charge in [-0.3, -0.25) is 9.59 Å². The van der Waals surface area contributed by atoms with E-state index in [2.05, 4.69) is 0 Å². The molecule has 0 unspecified atom stereocenters. The van der Waals surface area contributed by atoms with Gasteiger partial charge in [0.2, 0.25) is 11.8 Å². The molecule has 2 amide bonds. The van der Waals surface area contributed by atoms with Gasteiger partial charge in [-0.05, 0) is 56.3 Å². The smallest absolute Gasteiger partial charge is 0.247 e. The maximum absolute atomic E-state index is 13.6. The SMILES string of the molecule is CC(C)N(C(=O)Cn1c([C@H]2CC(=O)N(c3cccc(Cl)c3)C2)nc2ccccc21)c1ccccc1. The summed E-state index contributed by atoms with van der Waals surface area (Å²) in [5.74, 6) is 0.627. The van der Waals surface area contributed by atoms with Crippen molar-refractivity contribution in [3.63, 3.8) is 0 Å². The molecule has 6 nitrogen and oxygen atoms in total. The largest absolute Gasteiger partial charge is 0.318 e. The fraction of sp³-hybridized carbons (Fsp3) is 0.250. The number of hydrogen-bond acceptors (Lipinski definition) is 3. The average molecular weight is 487 g/mol. The summed E-state index contributed by atoms with van der Waals surface area (Å²) in [5, 5.41) is 0.589. The Hall–Kier alpha value is -3.64. The molecule has 0 N–H and O–H groups in total. The minimum Gasteiger partial charge on any atom is -0.318 e. The van der Waals surface area contributed by atoms with Crippen LogP contribution in [-0.2, 0) is 16.1 Å². The molecule has 35 heavy (non-hydrogen) atoms. The number of rotatable bonds is 6. The van der Waals surface area contributed by atoms with Crippen molar-refractivity contribution < 1.29 is 9.59 Å². The van der Waals surface area contributed by atoms with Crippen LogP contribution in [0.3, 0.4) is 0 Å². The van der Waals surface area contributed by atoms with Crippen LogP contribution in [0.25, 0.3) is 11.0 Å². The molecule has 7 heteroatoms. The third kappa shape index (κ3) is 4.54. The van der Waals surface area contributed by atoms with Gasteiger partial charge < -0.3 is 14.4 Å². The van der Waals surface area contributed by atoms with Crippen LogP contribution in [0.4, 0.5) is 11.4 Å². The Bertz CT molecular complexity index is 1380. The van der Waals surface area contributed by atoms with E-state index in [1.165, 1.54) is 0 Å². The van der Waals surface area contributed by atoms with Crippen LogP contribution in [0.5, 0.6) is 0 Å². The van der Waals surface area contributed by atoms with Crippen molar-refractivity contribution in [3.8, 4) is 0 Å². The normalized spacial score (nSPS) is 15.8. The van der Waals surface area contributed by atoms with E-state index in [9.17, 15) is 9.59 Å². The topological polar surface area (TPSA) is 58.4 Å². The second kappa shape index (κ2) is 9.55. The van der Waals surface area contributed by atoms with Gasteiger partial charge in [0.1, 0.15) is 12.4 Å². The Morgan fingerprint density at radius 2 is 1.80 bits per heavy atom. The molecule has 1 fully saturated rings. The monoisotopic (exact) mass is 486 g/mol. The molecule has 3 aromatic carbocycles. The van der Waals surface area contributed by atoms with Gasteiger partial charge in [0.15, 0.2) is 0 Å². The maximum atomic E-state index is 13.6. The van der Waals surface area contributed by atoms with Crippen LogP contribution in [0.1, 0.15) is 32.0 Å². The maximum Gasteiger partial charge on any atom is 0.247 e. The zero-order valence-electron chi connectivity index (χ0n) is 19.8. The molecule has 0 radical (unpaired) electrons. The van der Waals surface area contributed by atoms with Crippen molar-refractivity contribution in [1.29, 1.82) is 0 Å². The van der Waals surface area contributed by atoms with Gasteiger partial charge in [-0.15, -0.1) is 0 Å². The summed E-state index contributed by atoms with van der Waals surface area (Å²) in [7, 11) is 0. The molecule has 4 aromatic rings. The molecule has 0 bridgehead atoms. The number of carbonyl (C=O) groups excluding carboxylic acids is 2. The van der Waals surface area contributed by atoms with Crippen molar-refractivity contribution in [3.05, 3.63) is 89.7 Å². The number of hydrogen-bond donors (Lipinski definition) is 0. The first-order chi connectivity index (χ1) is 16.9. The van der Waals surface area contributed by atoms with E-state index < -0.39 is 0 Å². The van der Waals surface area contributed by atoms with Crippen LogP contribution in [0.15, 0.2) is 78.9 Å². The minimum absolute atomic E-state index is 0.00508. The molecule has 1 saturated heterocycles. The predicted octanol–water partition coefficient (Wildman–Crippen LogP) is 5.65. The van der Waals surface area contributed by atoms with E-state index in [1.807, 2.05) is 90.0 Å². The molecule has 1 aromatic heterocycles. The summed E-state index contributed by atoms with van der Waals surface area (Å²) in [4.78, 5) is 35.1. The van der Waals surface area contributed by atoms with Crippen molar-refractivity contribution in [1.82, 2.24) is 9.55 Å². The molecule has 1 atom stereocenters. The second-order valence-corrected chi connectivity index (χ2v) is 9.56. The Labute approximate surface area is 209 Å². The van der Waals surface area contributed by atoms with Crippen molar-refractivity contribution in [2.45, 2.75) is 38.8 Å². The Kier molecular flexibility index (Phi) is 6.31. The van der Waals surface area contributed by atoms with Gasteiger partial charge in [-0.25, -0.2) is 4.98 Å². The summed E-state index contributed by atoms with van der Waals surface area (Å²) < 4.78 is 1.98. The van der Waals surface area contributed by atoms with E-state index in [-0.39, 0.29) is 30.3 Å². The van der Waals surface area contributed by atoms with Crippen molar-refractivity contribution >= 4 is 45.8 Å². The second-order valence-electron chi connectivity index (χ2n) is 9.12. The molecule has 0 spiro atoms. The molecule has 1 aliphatic heterocycles. The molecule has 1 aliphatic rings. The first-order valence-electron chi connectivity index (χ1n) is 11.8. The van der Waals surface area contributed by atoms with Crippen LogP contribution < -0.4 is 9.80 Å². The standard InChI is InChI=1S/C28H27ClN4O2/c1-19(2)33(22-10-4-3-5-11-22)27(35)18-32-25-14-7-6-13-24(25)30-28(32)20-15-26(34)31(17-20)23-12-8-9-21(29)16-23/h3-14,16,19-20H,15,17-18H2,1-2H3/t20-/m0/s1. The summed E-state index contributed by atoms with van der Waals surface area (Å²) in [5.41, 5.74) is 3.35. The van der Waals surface area contributed by atoms with E-state index in [0.717, 1.165) is 28.2 Å². The molecular formula is C28H27ClN4O2. The predicted molar refractivity (Wildman–Crippen MR) is 140 cm³/mol. The number of para-hydroxylation sites is 3. The van der Waals surface area contributed by atoms with E-state index in [4.69, 9.17) is 16.6 Å². The summed E-state index contributed by atoms with van der Waals surface area (Å²) in [6.45, 7) is 4.65. The zero-order valence-corrected chi connectivity index (χ0v) is 20.5. The number of aromatic nitrogens is 2. The minimum atomic E-state index is -0.133. The fourth-order valence-corrected chi connectivity index (χ4v) is 5.06. The Balaban J connectivity index is 1.50. The molecule has 5 rings (SSSR count). The van der Waals surface area contributed by atoms with Gasteiger partial charge in [0.25, 0.3) is 0 Å². The van der Waals surface area contributed by atoms with E-state index in [0.29, 0.717) is 18.0 Å². The van der Waals surface area contributed by atoms with E-state index in [1.54, 1.807) is 17.0 Å². The Morgan fingerprint density at radius 1 is 1.06 bits per heavy atom. The third-order valence-electron chi connectivity index (χ3n) is 6.41. The average Bonchev–Trinajstić information content (AvgIpc) is 3.40. The third-order valence-corrected chi connectivity index (χ3v) is 6.64. The lowest BCUT2D eigenvalue weighted by atomic mass is 10.1. The number of anilines is 2. The number of benzene rings is 3. The van der Waals surface area contributed by atoms with Crippen molar-refractivity contribution in [2.24, 2.45) is 0 Å². The first-order valence-corrected chi connectivity index (χ1v) is 12.2. The zero-order chi connectivity index (χ0) is 24.5. The summed E-state index contributed by atoms with van der Waals surface area (Å²) in [6.07, 6.45) is 0.330. The quantitative estimate of drug-likeness (QED) is 0.354. The van der Waals surface area contributed by atoms with E-state index >= 15 is 0 Å². The lowest BCUT2D eigenvalue weighted by Gasteiger charge is -2.27.